The van der Waals surface area contributed by atoms with Crippen LogP contribution in [-0.4, -0.2) is 23.7 Å². The van der Waals surface area contributed by atoms with Crippen LogP contribution in [0.2, 0.25) is 0 Å². The van der Waals surface area contributed by atoms with Crippen LogP contribution >= 0.6 is 12.4 Å². The summed E-state index contributed by atoms with van der Waals surface area (Å²) in [5.41, 5.74) is 8.27. The minimum Gasteiger partial charge on any atom is -0.468 e. The Hall–Kier alpha value is -1.52. The predicted octanol–water partition coefficient (Wildman–Crippen LogP) is 2.52. The zero-order chi connectivity index (χ0) is 13.8. The van der Waals surface area contributed by atoms with E-state index >= 15 is 0 Å². The van der Waals surface area contributed by atoms with Crippen molar-refractivity contribution in [2.24, 2.45) is 5.73 Å². The fourth-order valence-corrected chi connectivity index (χ4v) is 2.25. The zero-order valence-electron chi connectivity index (χ0n) is 11.8. The lowest BCUT2D eigenvalue weighted by Gasteiger charge is -2.06. The first-order chi connectivity index (χ1) is 9.15. The summed E-state index contributed by atoms with van der Waals surface area (Å²) in [6.07, 6.45) is 3.78. The van der Waals surface area contributed by atoms with Gasteiger partial charge in [0.2, 0.25) is 0 Å². The Labute approximate surface area is 125 Å². The molecule has 1 heterocycles. The third-order valence-corrected chi connectivity index (χ3v) is 3.40. The SMILES string of the molecule is CCC(N)Cc1cn(CC(=O)OC)c2ccccc12.Cl. The molecule has 0 amide bonds. The van der Waals surface area contributed by atoms with E-state index in [0.717, 1.165) is 23.7 Å². The molecule has 1 aromatic carbocycles. The maximum Gasteiger partial charge on any atom is 0.325 e. The molecule has 0 aliphatic rings. The Morgan fingerprint density at radius 3 is 2.75 bits per heavy atom. The number of fused-ring (bicyclic) bond motifs is 1. The molecule has 0 aliphatic heterocycles. The fraction of sp³-hybridized carbons (Fsp3) is 0.400. The number of methoxy groups -OCH3 is 1. The van der Waals surface area contributed by atoms with Gasteiger partial charge in [-0.25, -0.2) is 0 Å². The number of benzene rings is 1. The quantitative estimate of drug-likeness (QED) is 0.863. The number of nitrogens with two attached hydrogens (primary N) is 1. The van der Waals surface area contributed by atoms with E-state index in [2.05, 4.69) is 13.0 Å². The standard InChI is InChI=1S/C15H20N2O2.ClH/c1-3-12(16)8-11-9-17(10-15(18)19-2)14-7-5-4-6-13(11)14;/h4-7,9,12H,3,8,10,16H2,1-2H3;1H. The van der Waals surface area contributed by atoms with Crippen LogP contribution in [0.25, 0.3) is 10.9 Å². The van der Waals surface area contributed by atoms with Crippen molar-refractivity contribution in [3.8, 4) is 0 Å². The van der Waals surface area contributed by atoms with Crippen LogP contribution in [0.4, 0.5) is 0 Å². The number of carbonyl (C=O) groups excluding carboxylic acids is 1. The van der Waals surface area contributed by atoms with Gasteiger partial charge in [0.25, 0.3) is 0 Å². The zero-order valence-corrected chi connectivity index (χ0v) is 12.7. The van der Waals surface area contributed by atoms with Gasteiger partial charge in [-0.05, 0) is 24.5 Å². The molecule has 2 aromatic rings. The summed E-state index contributed by atoms with van der Waals surface area (Å²) in [4.78, 5) is 11.4. The average Bonchev–Trinajstić information content (AvgIpc) is 2.77. The smallest absolute Gasteiger partial charge is 0.325 e. The van der Waals surface area contributed by atoms with Crippen molar-refractivity contribution in [2.75, 3.05) is 7.11 Å². The van der Waals surface area contributed by atoms with E-state index in [1.807, 2.05) is 29.0 Å². The lowest BCUT2D eigenvalue weighted by Crippen LogP contribution is -2.21. The highest BCUT2D eigenvalue weighted by molar-refractivity contribution is 5.86. The second kappa shape index (κ2) is 7.31. The highest BCUT2D eigenvalue weighted by Gasteiger charge is 2.12. The molecular formula is C15H21ClN2O2. The number of carbonyl (C=O) groups is 1. The van der Waals surface area contributed by atoms with Crippen LogP contribution in [0, 0.1) is 0 Å². The lowest BCUT2D eigenvalue weighted by atomic mass is 10.0. The molecule has 1 atom stereocenters. The molecule has 5 heteroatoms. The number of ether oxygens (including phenoxy) is 1. The molecule has 4 nitrogen and oxygen atoms in total. The van der Waals surface area contributed by atoms with Gasteiger partial charge < -0.3 is 15.0 Å². The molecule has 0 fully saturated rings. The van der Waals surface area contributed by atoms with Crippen molar-refractivity contribution in [3.05, 3.63) is 36.0 Å². The molecule has 0 saturated carbocycles. The third-order valence-electron chi connectivity index (χ3n) is 3.40. The van der Waals surface area contributed by atoms with Crippen molar-refractivity contribution in [2.45, 2.75) is 32.4 Å². The second-order valence-electron chi connectivity index (χ2n) is 4.75. The summed E-state index contributed by atoms with van der Waals surface area (Å²) in [6, 6.07) is 8.21. The summed E-state index contributed by atoms with van der Waals surface area (Å²) < 4.78 is 6.66. The minimum atomic E-state index is -0.243. The Morgan fingerprint density at radius 1 is 1.40 bits per heavy atom. The van der Waals surface area contributed by atoms with Gasteiger partial charge in [0.15, 0.2) is 0 Å². The summed E-state index contributed by atoms with van der Waals surface area (Å²) in [5, 5.41) is 1.16. The Bertz CT molecular complexity index is 580. The molecule has 1 aromatic heterocycles. The van der Waals surface area contributed by atoms with E-state index < -0.39 is 0 Å². The van der Waals surface area contributed by atoms with E-state index in [-0.39, 0.29) is 31.0 Å². The number of aromatic nitrogens is 1. The Balaban J connectivity index is 0.00000200. The largest absolute Gasteiger partial charge is 0.468 e. The summed E-state index contributed by atoms with van der Waals surface area (Å²) in [7, 11) is 1.40. The number of nitrogens with zero attached hydrogens (tertiary/aromatic N) is 1. The summed E-state index contributed by atoms with van der Waals surface area (Å²) in [5.74, 6) is -0.243. The van der Waals surface area contributed by atoms with E-state index in [9.17, 15) is 4.79 Å². The highest BCUT2D eigenvalue weighted by Crippen LogP contribution is 2.22. The van der Waals surface area contributed by atoms with Crippen molar-refractivity contribution in [1.82, 2.24) is 4.57 Å². The fourth-order valence-electron chi connectivity index (χ4n) is 2.25. The van der Waals surface area contributed by atoms with Gasteiger partial charge in [-0.1, -0.05) is 25.1 Å². The van der Waals surface area contributed by atoms with Gasteiger partial charge in [-0.2, -0.15) is 0 Å². The molecule has 110 valence electrons. The predicted molar refractivity (Wildman–Crippen MR) is 83.2 cm³/mol. The van der Waals surface area contributed by atoms with Crippen LogP contribution in [0.1, 0.15) is 18.9 Å². The number of hydrogen-bond acceptors (Lipinski definition) is 3. The molecular weight excluding hydrogens is 276 g/mol. The number of para-hydroxylation sites is 1. The Kier molecular flexibility index (Phi) is 6.05. The first-order valence-electron chi connectivity index (χ1n) is 6.54. The number of rotatable bonds is 5. The van der Waals surface area contributed by atoms with Gasteiger partial charge in [0.05, 0.1) is 7.11 Å². The van der Waals surface area contributed by atoms with Gasteiger partial charge in [-0.3, -0.25) is 4.79 Å². The molecule has 20 heavy (non-hydrogen) atoms. The number of hydrogen-bond donors (Lipinski definition) is 1. The maximum atomic E-state index is 11.4. The van der Waals surface area contributed by atoms with E-state index in [1.165, 1.54) is 12.7 Å². The Morgan fingerprint density at radius 2 is 2.10 bits per heavy atom. The van der Waals surface area contributed by atoms with Gasteiger partial charge in [-0.15, -0.1) is 12.4 Å². The van der Waals surface area contributed by atoms with Gasteiger partial charge >= 0.3 is 5.97 Å². The average molecular weight is 297 g/mol. The first kappa shape index (κ1) is 16.5. The van der Waals surface area contributed by atoms with Crippen LogP contribution in [0.15, 0.2) is 30.5 Å². The number of esters is 1. The van der Waals surface area contributed by atoms with Crippen molar-refractivity contribution in [3.63, 3.8) is 0 Å². The van der Waals surface area contributed by atoms with Crippen molar-refractivity contribution in [1.29, 1.82) is 0 Å². The van der Waals surface area contributed by atoms with E-state index in [1.54, 1.807) is 0 Å². The van der Waals surface area contributed by atoms with Crippen LogP contribution < -0.4 is 5.73 Å². The topological polar surface area (TPSA) is 57.2 Å². The molecule has 0 saturated heterocycles. The molecule has 2 rings (SSSR count). The van der Waals surface area contributed by atoms with Crippen molar-refractivity contribution >= 4 is 29.3 Å². The monoisotopic (exact) mass is 296 g/mol. The summed E-state index contributed by atoms with van der Waals surface area (Å²) >= 11 is 0. The van der Waals surface area contributed by atoms with Crippen LogP contribution in [0.3, 0.4) is 0 Å². The molecule has 0 bridgehead atoms. The minimum absolute atomic E-state index is 0. The molecule has 1 unspecified atom stereocenters. The normalized spacial score (nSPS) is 11.9. The molecule has 0 radical (unpaired) electrons. The van der Waals surface area contributed by atoms with Gasteiger partial charge in [0, 0.05) is 23.1 Å². The first-order valence-corrected chi connectivity index (χ1v) is 6.54. The van der Waals surface area contributed by atoms with Crippen molar-refractivity contribution < 1.29 is 9.53 Å². The second-order valence-corrected chi connectivity index (χ2v) is 4.75. The van der Waals surface area contributed by atoms with E-state index in [0.29, 0.717) is 0 Å². The van der Waals surface area contributed by atoms with Gasteiger partial charge in [0.1, 0.15) is 6.54 Å². The molecule has 0 aliphatic carbocycles. The van der Waals surface area contributed by atoms with Crippen LogP contribution in [0.5, 0.6) is 0 Å². The maximum absolute atomic E-state index is 11.4. The van der Waals surface area contributed by atoms with E-state index in [4.69, 9.17) is 10.5 Å². The third kappa shape index (κ3) is 3.52. The molecule has 2 N–H and O–H groups in total. The molecule has 0 spiro atoms. The highest BCUT2D eigenvalue weighted by atomic mass is 35.5. The number of halogens is 1. The lowest BCUT2D eigenvalue weighted by molar-refractivity contribution is -0.141. The van der Waals surface area contributed by atoms with Crippen LogP contribution in [-0.2, 0) is 22.5 Å². The summed E-state index contributed by atoms with van der Waals surface area (Å²) in [6.45, 7) is 2.32.